The Morgan fingerprint density at radius 2 is 1.62 bits per heavy atom. The van der Waals surface area contributed by atoms with Gasteiger partial charge in [-0.15, -0.1) is 0 Å². The Morgan fingerprint density at radius 1 is 1.12 bits per heavy atom. The first-order chi connectivity index (χ1) is 11.7. The summed E-state index contributed by atoms with van der Waals surface area (Å²) in [5.41, 5.74) is 0.0232. The number of carboxylic acid groups (broad SMARTS) is 1. The van der Waals surface area contributed by atoms with E-state index in [4.69, 9.17) is 4.43 Å². The fourth-order valence-corrected chi connectivity index (χ4v) is 3.64. The highest BCUT2D eigenvalue weighted by molar-refractivity contribution is 6.74. The van der Waals surface area contributed by atoms with Crippen molar-refractivity contribution in [3.63, 3.8) is 0 Å². The summed E-state index contributed by atoms with van der Waals surface area (Å²) in [6, 6.07) is 8.48. The van der Waals surface area contributed by atoms with Gasteiger partial charge in [0.25, 0.3) is 0 Å². The zero-order valence-corrected chi connectivity index (χ0v) is 18.4. The maximum absolute atomic E-state index is 12.0. The van der Waals surface area contributed by atoms with Crippen molar-refractivity contribution in [3.05, 3.63) is 35.9 Å². The van der Waals surface area contributed by atoms with Gasteiger partial charge in [0, 0.05) is 5.54 Å². The van der Waals surface area contributed by atoms with Gasteiger partial charge in [-0.1, -0.05) is 51.1 Å². The van der Waals surface area contributed by atoms with Crippen molar-refractivity contribution in [2.75, 3.05) is 6.61 Å². The van der Waals surface area contributed by atoms with Gasteiger partial charge >= 0.3 is 6.09 Å². The van der Waals surface area contributed by atoms with Gasteiger partial charge in [-0.05, 0) is 44.5 Å². The third kappa shape index (κ3) is 5.56. The van der Waals surface area contributed by atoms with E-state index in [1.165, 1.54) is 4.90 Å². The van der Waals surface area contributed by atoms with Crippen molar-refractivity contribution in [3.8, 4) is 0 Å². The predicted molar refractivity (Wildman–Crippen MR) is 108 cm³/mol. The second kappa shape index (κ2) is 8.11. The molecule has 0 bridgehead atoms. The van der Waals surface area contributed by atoms with Crippen LogP contribution >= 0.6 is 0 Å². The Balaban J connectivity index is 3.23. The monoisotopic (exact) mass is 381 g/mol. The summed E-state index contributed by atoms with van der Waals surface area (Å²) in [6.07, 6.45) is -2.02. The van der Waals surface area contributed by atoms with Gasteiger partial charge in [-0.25, -0.2) is 4.79 Å². The summed E-state index contributed by atoms with van der Waals surface area (Å²) >= 11 is 0. The van der Waals surface area contributed by atoms with Crippen LogP contribution in [0.3, 0.4) is 0 Å². The summed E-state index contributed by atoms with van der Waals surface area (Å²) in [6.45, 7) is 16.3. The van der Waals surface area contributed by atoms with Crippen LogP contribution in [-0.2, 0) is 4.43 Å². The molecule has 0 fully saturated rings. The Morgan fingerprint density at radius 3 is 2.00 bits per heavy atom. The van der Waals surface area contributed by atoms with Gasteiger partial charge in [0.2, 0.25) is 0 Å². The van der Waals surface area contributed by atoms with E-state index in [2.05, 4.69) is 33.9 Å². The molecule has 26 heavy (non-hydrogen) atoms. The average molecular weight is 382 g/mol. The Kier molecular flexibility index (Phi) is 7.07. The maximum Gasteiger partial charge on any atom is 0.408 e. The molecule has 1 aromatic rings. The summed E-state index contributed by atoms with van der Waals surface area (Å²) in [5, 5.41) is 20.8. The SMILES string of the molecule is CC(C)(C)N(C(=O)O)[C@H](CO[Si](C)(C)C(C)(C)C)[C@H](O)c1ccccc1. The first-order valence-electron chi connectivity index (χ1n) is 9.08. The number of aliphatic hydroxyl groups is 1. The zero-order valence-electron chi connectivity index (χ0n) is 17.4. The molecule has 0 aliphatic heterocycles. The molecule has 0 saturated heterocycles. The van der Waals surface area contributed by atoms with Crippen molar-refractivity contribution in [1.29, 1.82) is 0 Å². The molecular formula is C20H35NO4Si. The van der Waals surface area contributed by atoms with E-state index < -0.39 is 32.1 Å². The molecule has 0 aliphatic carbocycles. The van der Waals surface area contributed by atoms with Crippen molar-refractivity contribution >= 4 is 14.4 Å². The lowest BCUT2D eigenvalue weighted by Crippen LogP contribution is -2.56. The van der Waals surface area contributed by atoms with E-state index in [1.807, 2.05) is 51.1 Å². The first-order valence-corrected chi connectivity index (χ1v) is 12.0. The molecule has 0 unspecified atom stereocenters. The number of benzene rings is 1. The van der Waals surface area contributed by atoms with Gasteiger partial charge in [-0.2, -0.15) is 0 Å². The van der Waals surface area contributed by atoms with E-state index in [0.717, 1.165) is 0 Å². The van der Waals surface area contributed by atoms with E-state index in [1.54, 1.807) is 0 Å². The second-order valence-corrected chi connectivity index (χ2v) is 14.1. The van der Waals surface area contributed by atoms with Gasteiger partial charge in [0.1, 0.15) is 6.10 Å². The molecule has 0 saturated carbocycles. The molecular weight excluding hydrogens is 346 g/mol. The number of nitrogens with zero attached hydrogens (tertiary/aromatic N) is 1. The van der Waals surface area contributed by atoms with Crippen molar-refractivity contribution in [2.24, 2.45) is 0 Å². The summed E-state index contributed by atoms with van der Waals surface area (Å²) in [5.74, 6) is 0. The Hall–Kier alpha value is -1.37. The minimum absolute atomic E-state index is 0.00500. The molecule has 0 spiro atoms. The fraction of sp³-hybridized carbons (Fsp3) is 0.650. The highest BCUT2D eigenvalue weighted by Crippen LogP contribution is 2.37. The molecule has 148 valence electrons. The second-order valence-electron chi connectivity index (χ2n) is 9.32. The van der Waals surface area contributed by atoms with E-state index in [0.29, 0.717) is 5.56 Å². The molecule has 5 nitrogen and oxygen atoms in total. The van der Waals surface area contributed by atoms with Crippen LogP contribution in [-0.4, -0.2) is 47.7 Å². The summed E-state index contributed by atoms with van der Waals surface area (Å²) in [4.78, 5) is 13.3. The number of rotatable bonds is 6. The van der Waals surface area contributed by atoms with Crippen molar-refractivity contribution in [1.82, 2.24) is 4.90 Å². The highest BCUT2D eigenvalue weighted by Gasteiger charge is 2.42. The molecule has 0 radical (unpaired) electrons. The Labute approximate surface area is 159 Å². The molecule has 0 heterocycles. The number of amides is 1. The van der Waals surface area contributed by atoms with Crippen molar-refractivity contribution in [2.45, 2.75) is 77.4 Å². The highest BCUT2D eigenvalue weighted by atomic mass is 28.4. The molecule has 2 atom stereocenters. The number of hydrogen-bond donors (Lipinski definition) is 2. The molecule has 2 N–H and O–H groups in total. The van der Waals surface area contributed by atoms with E-state index in [9.17, 15) is 15.0 Å². The van der Waals surface area contributed by atoms with Crippen LogP contribution in [0.25, 0.3) is 0 Å². The van der Waals surface area contributed by atoms with Crippen LogP contribution in [0, 0.1) is 0 Å². The van der Waals surface area contributed by atoms with Crippen LogP contribution in [0.5, 0.6) is 0 Å². The third-order valence-electron chi connectivity index (χ3n) is 5.19. The van der Waals surface area contributed by atoms with Gasteiger partial charge < -0.3 is 14.6 Å². The van der Waals surface area contributed by atoms with Crippen LogP contribution in [0.15, 0.2) is 30.3 Å². The molecule has 1 aromatic carbocycles. The lowest BCUT2D eigenvalue weighted by atomic mass is 9.96. The third-order valence-corrected chi connectivity index (χ3v) is 9.69. The van der Waals surface area contributed by atoms with Crippen LogP contribution in [0.1, 0.15) is 53.2 Å². The zero-order chi connectivity index (χ0) is 20.3. The maximum atomic E-state index is 12.0. The average Bonchev–Trinajstić information content (AvgIpc) is 2.48. The molecule has 1 amide bonds. The van der Waals surface area contributed by atoms with E-state index in [-0.39, 0.29) is 11.6 Å². The lowest BCUT2D eigenvalue weighted by molar-refractivity contribution is -0.0149. The topological polar surface area (TPSA) is 70.0 Å². The van der Waals surface area contributed by atoms with Crippen molar-refractivity contribution < 1.29 is 19.4 Å². The largest absolute Gasteiger partial charge is 0.465 e. The minimum atomic E-state index is -2.08. The quantitative estimate of drug-likeness (QED) is 0.688. The summed E-state index contributed by atoms with van der Waals surface area (Å²) in [7, 11) is -2.08. The molecule has 0 aromatic heterocycles. The first kappa shape index (κ1) is 22.7. The predicted octanol–water partition coefficient (Wildman–Crippen LogP) is 4.89. The molecule has 0 aliphatic rings. The summed E-state index contributed by atoms with van der Waals surface area (Å²) < 4.78 is 6.30. The normalized spacial score (nSPS) is 15.4. The standard InChI is InChI=1S/C20H35NO4Si/c1-19(2,3)21(18(23)24)16(14-25-26(7,8)20(4,5)6)17(22)15-12-10-9-11-13-15/h9-13,16-17,22H,14H2,1-8H3,(H,23,24)/t16-,17-/m1/s1. The van der Waals surface area contributed by atoms with Gasteiger partial charge in [0.15, 0.2) is 8.32 Å². The lowest BCUT2D eigenvalue weighted by Gasteiger charge is -2.44. The van der Waals surface area contributed by atoms with Crippen LogP contribution in [0.2, 0.25) is 18.1 Å². The van der Waals surface area contributed by atoms with Crippen LogP contribution < -0.4 is 0 Å². The number of carbonyl (C=O) groups is 1. The molecule has 6 heteroatoms. The van der Waals surface area contributed by atoms with E-state index >= 15 is 0 Å². The number of hydrogen-bond acceptors (Lipinski definition) is 3. The van der Waals surface area contributed by atoms with Gasteiger partial charge in [-0.3, -0.25) is 4.90 Å². The minimum Gasteiger partial charge on any atom is -0.465 e. The van der Waals surface area contributed by atoms with Crippen LogP contribution in [0.4, 0.5) is 4.79 Å². The number of aliphatic hydroxyl groups excluding tert-OH is 1. The molecule has 1 rings (SSSR count). The van der Waals surface area contributed by atoms with Gasteiger partial charge in [0.05, 0.1) is 12.6 Å². The Bertz CT molecular complexity index is 590. The fourth-order valence-electron chi connectivity index (χ4n) is 2.62. The smallest absolute Gasteiger partial charge is 0.408 e.